The smallest absolute Gasteiger partial charge is 0.298 e. The number of anilines is 1. The van der Waals surface area contributed by atoms with Crippen molar-refractivity contribution in [2.24, 2.45) is 11.7 Å². The Morgan fingerprint density at radius 3 is 2.44 bits per heavy atom. The van der Waals surface area contributed by atoms with Crippen LogP contribution in [0.4, 0.5) is 6.01 Å². The van der Waals surface area contributed by atoms with Gasteiger partial charge in [0, 0.05) is 39.4 Å². The summed E-state index contributed by atoms with van der Waals surface area (Å²) in [5.74, 6) is 0.292. The van der Waals surface area contributed by atoms with Crippen LogP contribution in [-0.2, 0) is 9.53 Å². The molecule has 0 spiro atoms. The number of nitrogens with two attached hydrogens (primary N) is 1. The predicted octanol–water partition coefficient (Wildman–Crippen LogP) is 2.07. The predicted molar refractivity (Wildman–Crippen MR) is 109 cm³/mol. The van der Waals surface area contributed by atoms with E-state index in [4.69, 9.17) is 14.9 Å². The number of nitrogens with zero attached hydrogens (tertiary/aromatic N) is 3. The van der Waals surface area contributed by atoms with Crippen LogP contribution >= 0.6 is 24.8 Å². The highest BCUT2D eigenvalue weighted by atomic mass is 35.5. The molecule has 1 atom stereocenters. The molecule has 1 amide bonds. The first kappa shape index (κ1) is 21.8. The molecule has 0 saturated carbocycles. The number of carbonyl (C=O) groups is 1. The van der Waals surface area contributed by atoms with Gasteiger partial charge in [-0.1, -0.05) is 12.1 Å². The van der Waals surface area contributed by atoms with E-state index in [1.54, 1.807) is 0 Å². The summed E-state index contributed by atoms with van der Waals surface area (Å²) in [6.45, 7) is 4.12. The number of fused-ring (bicyclic) bond motifs is 1. The molecule has 2 aromatic rings. The van der Waals surface area contributed by atoms with Gasteiger partial charge in [-0.15, -0.1) is 24.8 Å². The van der Waals surface area contributed by atoms with Crippen LogP contribution in [0.3, 0.4) is 0 Å². The Hall–Kier alpha value is -1.54. The van der Waals surface area contributed by atoms with E-state index in [1.807, 2.05) is 29.2 Å². The van der Waals surface area contributed by atoms with Crippen molar-refractivity contribution in [3.05, 3.63) is 24.3 Å². The average molecular weight is 417 g/mol. The van der Waals surface area contributed by atoms with E-state index in [2.05, 4.69) is 9.88 Å². The molecule has 150 valence electrons. The quantitative estimate of drug-likeness (QED) is 0.823. The van der Waals surface area contributed by atoms with Crippen LogP contribution < -0.4 is 10.6 Å². The number of aromatic nitrogens is 1. The molecule has 2 fully saturated rings. The summed E-state index contributed by atoms with van der Waals surface area (Å²) in [7, 11) is 0. The maximum Gasteiger partial charge on any atom is 0.298 e. The van der Waals surface area contributed by atoms with Gasteiger partial charge in [-0.05, 0) is 30.9 Å². The van der Waals surface area contributed by atoms with Gasteiger partial charge < -0.3 is 24.7 Å². The number of amides is 1. The van der Waals surface area contributed by atoms with E-state index >= 15 is 0 Å². The first-order valence-electron chi connectivity index (χ1n) is 8.95. The van der Waals surface area contributed by atoms with Gasteiger partial charge in [-0.3, -0.25) is 4.79 Å². The average Bonchev–Trinajstić information content (AvgIpc) is 3.12. The van der Waals surface area contributed by atoms with Gasteiger partial charge in [0.25, 0.3) is 6.01 Å². The number of piperazine rings is 1. The van der Waals surface area contributed by atoms with E-state index in [0.29, 0.717) is 45.4 Å². The van der Waals surface area contributed by atoms with Crippen molar-refractivity contribution in [3.8, 4) is 0 Å². The molecule has 7 nitrogen and oxygen atoms in total. The maximum atomic E-state index is 12.7. The number of hydrogen-bond donors (Lipinski definition) is 1. The molecular formula is C18H26Cl2N4O3. The minimum atomic E-state index is -0.417. The van der Waals surface area contributed by atoms with Crippen LogP contribution in [0.2, 0.25) is 0 Å². The van der Waals surface area contributed by atoms with E-state index in [-0.39, 0.29) is 36.6 Å². The highest BCUT2D eigenvalue weighted by molar-refractivity contribution is 5.85. The zero-order chi connectivity index (χ0) is 17.2. The molecule has 9 heteroatoms. The summed E-state index contributed by atoms with van der Waals surface area (Å²) in [4.78, 5) is 21.2. The van der Waals surface area contributed by atoms with Gasteiger partial charge in [-0.25, -0.2) is 0 Å². The number of benzene rings is 1. The van der Waals surface area contributed by atoms with Gasteiger partial charge in [0.15, 0.2) is 5.58 Å². The van der Waals surface area contributed by atoms with Gasteiger partial charge in [0.1, 0.15) is 5.52 Å². The number of carbonyl (C=O) groups excluding carboxylic acids is 1. The van der Waals surface area contributed by atoms with Crippen LogP contribution in [0.25, 0.3) is 11.1 Å². The van der Waals surface area contributed by atoms with E-state index in [1.165, 1.54) is 0 Å². The lowest BCUT2D eigenvalue weighted by Crippen LogP contribution is -2.55. The summed E-state index contributed by atoms with van der Waals surface area (Å²) >= 11 is 0. The van der Waals surface area contributed by atoms with Crippen molar-refractivity contribution in [1.82, 2.24) is 9.88 Å². The number of oxazole rings is 1. The summed E-state index contributed by atoms with van der Waals surface area (Å²) in [5, 5.41) is 0. The number of para-hydroxylation sites is 2. The monoisotopic (exact) mass is 416 g/mol. The molecule has 2 saturated heterocycles. The minimum absolute atomic E-state index is 0. The number of ether oxygens (including phenoxy) is 1. The summed E-state index contributed by atoms with van der Waals surface area (Å²) in [5.41, 5.74) is 7.88. The van der Waals surface area contributed by atoms with Crippen molar-refractivity contribution in [3.63, 3.8) is 0 Å². The Labute approximate surface area is 171 Å². The topological polar surface area (TPSA) is 84.8 Å². The Kier molecular flexibility index (Phi) is 7.73. The zero-order valence-corrected chi connectivity index (χ0v) is 16.7. The fourth-order valence-corrected chi connectivity index (χ4v) is 3.60. The second-order valence-electron chi connectivity index (χ2n) is 6.75. The Bertz CT molecular complexity index is 710. The molecule has 2 aliphatic heterocycles. The third-order valence-corrected chi connectivity index (χ3v) is 5.20. The lowest BCUT2D eigenvalue weighted by atomic mass is 9.91. The molecule has 3 heterocycles. The summed E-state index contributed by atoms with van der Waals surface area (Å²) in [6.07, 6.45) is 1.74. The van der Waals surface area contributed by atoms with Crippen LogP contribution in [0, 0.1) is 5.92 Å². The number of halogens is 2. The molecule has 2 aliphatic rings. The molecule has 27 heavy (non-hydrogen) atoms. The van der Waals surface area contributed by atoms with Crippen molar-refractivity contribution >= 4 is 47.8 Å². The van der Waals surface area contributed by atoms with Gasteiger partial charge in [-0.2, -0.15) is 4.98 Å². The Morgan fingerprint density at radius 1 is 1.11 bits per heavy atom. The largest absolute Gasteiger partial charge is 0.423 e. The second kappa shape index (κ2) is 9.59. The normalized spacial score (nSPS) is 19.3. The minimum Gasteiger partial charge on any atom is -0.423 e. The summed E-state index contributed by atoms with van der Waals surface area (Å²) in [6, 6.07) is 7.95. The number of rotatable bonds is 3. The van der Waals surface area contributed by atoms with E-state index in [0.717, 1.165) is 23.9 Å². The fourth-order valence-electron chi connectivity index (χ4n) is 3.60. The summed E-state index contributed by atoms with van der Waals surface area (Å²) < 4.78 is 11.2. The lowest BCUT2D eigenvalue weighted by Gasteiger charge is -2.37. The van der Waals surface area contributed by atoms with E-state index < -0.39 is 6.04 Å². The third-order valence-electron chi connectivity index (χ3n) is 5.20. The molecule has 0 bridgehead atoms. The SMILES string of the molecule is Cl.Cl.NC(C(=O)N1CCN(c2nc3ccccc3o2)CC1)C1CCOCC1. The maximum absolute atomic E-state index is 12.7. The Morgan fingerprint density at radius 2 is 1.78 bits per heavy atom. The molecule has 0 radical (unpaired) electrons. The van der Waals surface area contributed by atoms with Gasteiger partial charge in [0.2, 0.25) is 5.91 Å². The molecular weight excluding hydrogens is 391 g/mol. The standard InChI is InChI=1S/C18H24N4O3.2ClH/c19-16(13-5-11-24-12-6-13)17(23)21-7-9-22(10-8-21)18-20-14-3-1-2-4-15(14)25-18;;/h1-4,13,16H,5-12,19H2;2*1H. The van der Waals surface area contributed by atoms with Crippen molar-refractivity contribution in [1.29, 1.82) is 0 Å². The van der Waals surface area contributed by atoms with Crippen LogP contribution in [0.1, 0.15) is 12.8 Å². The molecule has 0 aliphatic carbocycles. The lowest BCUT2D eigenvalue weighted by molar-refractivity contribution is -0.135. The molecule has 2 N–H and O–H groups in total. The number of hydrogen-bond acceptors (Lipinski definition) is 6. The van der Waals surface area contributed by atoms with Gasteiger partial charge in [0.05, 0.1) is 6.04 Å². The first-order chi connectivity index (χ1) is 12.2. The highest BCUT2D eigenvalue weighted by Crippen LogP contribution is 2.23. The van der Waals surface area contributed by atoms with E-state index in [9.17, 15) is 4.79 Å². The van der Waals surface area contributed by atoms with Crippen LogP contribution in [0.15, 0.2) is 28.7 Å². The van der Waals surface area contributed by atoms with Crippen LogP contribution in [-0.4, -0.2) is 61.2 Å². The zero-order valence-electron chi connectivity index (χ0n) is 15.1. The van der Waals surface area contributed by atoms with Crippen LogP contribution in [0.5, 0.6) is 0 Å². The fraction of sp³-hybridized carbons (Fsp3) is 0.556. The van der Waals surface area contributed by atoms with Crippen molar-refractivity contribution in [2.45, 2.75) is 18.9 Å². The molecule has 4 rings (SSSR count). The molecule has 1 aromatic heterocycles. The van der Waals surface area contributed by atoms with Crippen molar-refractivity contribution in [2.75, 3.05) is 44.3 Å². The Balaban J connectivity index is 0.00000131. The molecule has 1 unspecified atom stereocenters. The second-order valence-corrected chi connectivity index (χ2v) is 6.75. The van der Waals surface area contributed by atoms with Gasteiger partial charge >= 0.3 is 0 Å². The third kappa shape index (κ3) is 4.66. The highest BCUT2D eigenvalue weighted by Gasteiger charge is 2.32. The van der Waals surface area contributed by atoms with Crippen molar-refractivity contribution < 1.29 is 13.9 Å². The molecule has 1 aromatic carbocycles. The first-order valence-corrected chi connectivity index (χ1v) is 8.95.